The third kappa shape index (κ3) is 7.18. The van der Waals surface area contributed by atoms with Crippen molar-refractivity contribution in [3.63, 3.8) is 0 Å². The molecule has 3 amide bonds. The molecule has 0 bridgehead atoms. The SMILES string of the molecule is COC(=O)c1cccc(C(=O)N(N[C@@H](C)C(=O)O)C(=O)c2ccc(C(=O)NCc3cccc(O)c3)cc2Cl)c1. The highest BCUT2D eigenvalue weighted by Crippen LogP contribution is 2.21. The van der Waals surface area contributed by atoms with Crippen LogP contribution >= 0.6 is 11.6 Å². The number of phenols is 1. The van der Waals surface area contributed by atoms with Crippen molar-refractivity contribution >= 4 is 41.3 Å². The molecule has 0 aliphatic rings. The molecular weight excluding hydrogens is 530 g/mol. The maximum atomic E-state index is 13.4. The van der Waals surface area contributed by atoms with Crippen LogP contribution in [0.1, 0.15) is 53.9 Å². The van der Waals surface area contributed by atoms with Crippen LogP contribution in [-0.2, 0) is 16.1 Å². The van der Waals surface area contributed by atoms with Gasteiger partial charge in [0.25, 0.3) is 17.7 Å². The second-order valence-electron chi connectivity index (χ2n) is 8.25. The van der Waals surface area contributed by atoms with Crippen LogP contribution in [0.15, 0.2) is 66.7 Å². The lowest BCUT2D eigenvalue weighted by Crippen LogP contribution is -2.53. The number of aliphatic carboxylic acids is 1. The number of phenolic OH excluding ortho intramolecular Hbond substituents is 1. The molecule has 12 heteroatoms. The van der Waals surface area contributed by atoms with Crippen molar-refractivity contribution in [3.05, 3.63) is 99.6 Å². The van der Waals surface area contributed by atoms with Gasteiger partial charge in [-0.15, -0.1) is 0 Å². The fraction of sp³-hybridized carbons (Fsp3) is 0.148. The Bertz CT molecular complexity index is 1440. The average Bonchev–Trinajstić information content (AvgIpc) is 2.93. The number of imide groups is 1. The molecule has 3 aromatic rings. The minimum absolute atomic E-state index is 0.0427. The summed E-state index contributed by atoms with van der Waals surface area (Å²) in [5.41, 5.74) is 2.87. The van der Waals surface area contributed by atoms with Crippen LogP contribution in [0.2, 0.25) is 5.02 Å². The summed E-state index contributed by atoms with van der Waals surface area (Å²) < 4.78 is 4.65. The fourth-order valence-corrected chi connectivity index (χ4v) is 3.65. The molecule has 0 aromatic heterocycles. The summed E-state index contributed by atoms with van der Waals surface area (Å²) >= 11 is 6.31. The molecule has 0 fully saturated rings. The summed E-state index contributed by atoms with van der Waals surface area (Å²) in [7, 11) is 1.17. The average molecular weight is 554 g/mol. The lowest BCUT2D eigenvalue weighted by molar-refractivity contribution is -0.139. The maximum absolute atomic E-state index is 13.4. The van der Waals surface area contributed by atoms with Crippen molar-refractivity contribution in [2.45, 2.75) is 19.5 Å². The molecule has 1 atom stereocenters. The van der Waals surface area contributed by atoms with E-state index < -0.39 is 35.7 Å². The molecule has 3 rings (SSSR count). The van der Waals surface area contributed by atoms with Gasteiger partial charge in [0.05, 0.1) is 23.3 Å². The van der Waals surface area contributed by atoms with Crippen LogP contribution in [0.5, 0.6) is 5.75 Å². The summed E-state index contributed by atoms with van der Waals surface area (Å²) in [6.45, 7) is 1.34. The topological polar surface area (TPSA) is 162 Å². The van der Waals surface area contributed by atoms with Crippen LogP contribution in [0.25, 0.3) is 0 Å². The number of ether oxygens (including phenoxy) is 1. The molecule has 0 saturated heterocycles. The number of nitrogens with zero attached hydrogens (tertiary/aromatic N) is 1. The zero-order valence-electron chi connectivity index (χ0n) is 20.8. The molecule has 0 radical (unpaired) electrons. The normalized spacial score (nSPS) is 11.3. The number of halogens is 1. The van der Waals surface area contributed by atoms with Crippen LogP contribution < -0.4 is 10.7 Å². The first-order valence-corrected chi connectivity index (χ1v) is 11.8. The Balaban J connectivity index is 1.86. The molecular formula is C27H24ClN3O8. The van der Waals surface area contributed by atoms with E-state index in [0.717, 1.165) is 0 Å². The largest absolute Gasteiger partial charge is 0.508 e. The van der Waals surface area contributed by atoms with Gasteiger partial charge in [-0.1, -0.05) is 29.8 Å². The van der Waals surface area contributed by atoms with Crippen molar-refractivity contribution in [1.82, 2.24) is 15.8 Å². The predicted molar refractivity (Wildman–Crippen MR) is 139 cm³/mol. The molecule has 4 N–H and O–H groups in total. The Morgan fingerprint density at radius 3 is 2.26 bits per heavy atom. The zero-order chi connectivity index (χ0) is 28.7. The van der Waals surface area contributed by atoms with E-state index in [1.165, 1.54) is 68.6 Å². The number of carboxylic acid groups (broad SMARTS) is 1. The quantitative estimate of drug-likeness (QED) is 0.177. The van der Waals surface area contributed by atoms with Crippen molar-refractivity contribution in [2.75, 3.05) is 7.11 Å². The van der Waals surface area contributed by atoms with Gasteiger partial charge in [0.1, 0.15) is 11.8 Å². The predicted octanol–water partition coefficient (Wildman–Crippen LogP) is 3.02. The van der Waals surface area contributed by atoms with Gasteiger partial charge in [0, 0.05) is 17.7 Å². The first kappa shape index (κ1) is 28.8. The first-order valence-electron chi connectivity index (χ1n) is 11.4. The van der Waals surface area contributed by atoms with E-state index in [1.807, 2.05) is 0 Å². The minimum Gasteiger partial charge on any atom is -0.508 e. The van der Waals surface area contributed by atoms with Gasteiger partial charge in [0.15, 0.2) is 0 Å². The number of hydrogen-bond acceptors (Lipinski definition) is 8. The van der Waals surface area contributed by atoms with Gasteiger partial charge in [-0.05, 0) is 61.0 Å². The van der Waals surface area contributed by atoms with Gasteiger partial charge >= 0.3 is 11.9 Å². The van der Waals surface area contributed by atoms with Crippen LogP contribution in [0.4, 0.5) is 0 Å². The van der Waals surface area contributed by atoms with Gasteiger partial charge in [-0.2, -0.15) is 0 Å². The van der Waals surface area contributed by atoms with Gasteiger partial charge in [-0.3, -0.25) is 19.2 Å². The Hall–Kier alpha value is -4.74. The molecule has 202 valence electrons. The standard InChI is InChI=1S/C27H24ClN3O8/c1-15(26(36)37)30-31(24(34)18-6-4-7-19(12-18)27(38)39-2)25(35)21-10-9-17(13-22(21)28)23(33)29-14-16-5-3-8-20(32)11-16/h3-13,15,30,32H,14H2,1-2H3,(H,29,33)(H,36,37)/t15-/m0/s1. The lowest BCUT2D eigenvalue weighted by atomic mass is 10.1. The Kier molecular flexibility index (Phi) is 9.37. The minimum atomic E-state index is -1.36. The summed E-state index contributed by atoms with van der Waals surface area (Å²) in [6, 6.07) is 14.1. The van der Waals surface area contributed by atoms with Gasteiger partial charge in [-0.25, -0.2) is 15.2 Å². The number of esters is 1. The third-order valence-electron chi connectivity index (χ3n) is 5.46. The number of benzene rings is 3. The van der Waals surface area contributed by atoms with E-state index in [1.54, 1.807) is 12.1 Å². The Labute approximate surface area is 227 Å². The lowest BCUT2D eigenvalue weighted by Gasteiger charge is -2.24. The molecule has 11 nitrogen and oxygen atoms in total. The second kappa shape index (κ2) is 12.7. The Morgan fingerprint density at radius 1 is 0.923 bits per heavy atom. The molecule has 3 aromatic carbocycles. The summed E-state index contributed by atoms with van der Waals surface area (Å²) in [5, 5.41) is 21.9. The van der Waals surface area contributed by atoms with Crippen molar-refractivity contribution < 1.29 is 38.9 Å². The number of rotatable bonds is 9. The highest BCUT2D eigenvalue weighted by atomic mass is 35.5. The summed E-state index contributed by atoms with van der Waals surface area (Å²) in [5.74, 6) is -4.46. The number of carbonyl (C=O) groups is 5. The number of aromatic hydroxyl groups is 1. The maximum Gasteiger partial charge on any atom is 0.337 e. The number of carboxylic acids is 1. The first-order chi connectivity index (χ1) is 18.5. The molecule has 0 unspecified atom stereocenters. The number of nitrogens with one attached hydrogen (secondary N) is 2. The number of methoxy groups -OCH3 is 1. The van der Waals surface area contributed by atoms with Crippen molar-refractivity contribution in [1.29, 1.82) is 0 Å². The highest BCUT2D eigenvalue weighted by molar-refractivity contribution is 6.34. The van der Waals surface area contributed by atoms with Crippen LogP contribution in [0, 0.1) is 0 Å². The van der Waals surface area contributed by atoms with E-state index in [4.69, 9.17) is 11.6 Å². The molecule has 39 heavy (non-hydrogen) atoms. The van der Waals surface area contributed by atoms with E-state index in [2.05, 4.69) is 15.5 Å². The zero-order valence-corrected chi connectivity index (χ0v) is 21.6. The second-order valence-corrected chi connectivity index (χ2v) is 8.66. The van der Waals surface area contributed by atoms with E-state index >= 15 is 0 Å². The number of amides is 3. The summed E-state index contributed by atoms with van der Waals surface area (Å²) in [4.78, 5) is 62.6. The van der Waals surface area contributed by atoms with Gasteiger partial charge < -0.3 is 20.3 Å². The van der Waals surface area contributed by atoms with Crippen molar-refractivity contribution in [3.8, 4) is 5.75 Å². The van der Waals surface area contributed by atoms with E-state index in [-0.39, 0.29) is 39.6 Å². The number of carbonyl (C=O) groups excluding carboxylic acids is 4. The van der Waals surface area contributed by atoms with Gasteiger partial charge in [0.2, 0.25) is 0 Å². The van der Waals surface area contributed by atoms with E-state index in [9.17, 15) is 34.2 Å². The van der Waals surface area contributed by atoms with Crippen LogP contribution in [-0.4, -0.2) is 58.0 Å². The Morgan fingerprint density at radius 2 is 1.62 bits per heavy atom. The summed E-state index contributed by atoms with van der Waals surface area (Å²) in [6.07, 6.45) is 0. The molecule has 0 aliphatic heterocycles. The van der Waals surface area contributed by atoms with Crippen LogP contribution in [0.3, 0.4) is 0 Å². The molecule has 0 spiro atoms. The number of hydrogen-bond donors (Lipinski definition) is 4. The molecule has 0 saturated carbocycles. The smallest absolute Gasteiger partial charge is 0.337 e. The fourth-order valence-electron chi connectivity index (χ4n) is 3.39. The molecule has 0 heterocycles. The molecule has 0 aliphatic carbocycles. The van der Waals surface area contributed by atoms with E-state index in [0.29, 0.717) is 10.6 Å². The highest BCUT2D eigenvalue weighted by Gasteiger charge is 2.30. The number of hydrazine groups is 1. The third-order valence-corrected chi connectivity index (χ3v) is 5.77. The van der Waals surface area contributed by atoms with Crippen molar-refractivity contribution in [2.24, 2.45) is 0 Å². The monoisotopic (exact) mass is 553 g/mol.